The standard InChI is InChI=1S/C29H36N8O5/c1-40-23-14-20(15-24(41-2)26(23)42-3)35-16-25(30-18-35)31-29-32-27(36-13-7-8-19(36)17-38)21-9-10-22(37(21)33-29)28(39)34-11-5-4-6-12-34/h9-10,14-16,18-19,38H,4-8,11-13,17H2,1-3H3,(H,31,33)/t19-/m0/s1. The SMILES string of the molecule is COc1cc(-n2cnc(Nc3nc(N4CCC[C@H]4CO)c4ccc(C(=O)N5CCCCC5)n4n3)c2)cc(OC)c1OC. The molecule has 222 valence electrons. The first-order valence-electron chi connectivity index (χ1n) is 14.2. The molecule has 2 fully saturated rings. The van der Waals surface area contributed by atoms with Crippen LogP contribution in [0.2, 0.25) is 0 Å². The lowest BCUT2D eigenvalue weighted by Gasteiger charge is -2.27. The number of hydrogen-bond acceptors (Lipinski definition) is 10. The molecule has 5 heterocycles. The van der Waals surface area contributed by atoms with Gasteiger partial charge in [-0.1, -0.05) is 0 Å². The van der Waals surface area contributed by atoms with Crippen LogP contribution in [-0.4, -0.2) is 93.7 Å². The number of carbonyl (C=O) groups is 1. The van der Waals surface area contributed by atoms with Gasteiger partial charge in [0, 0.05) is 31.8 Å². The number of nitrogens with zero attached hydrogens (tertiary/aromatic N) is 7. The van der Waals surface area contributed by atoms with E-state index in [0.717, 1.165) is 62.9 Å². The number of aliphatic hydroxyl groups is 1. The molecule has 3 aromatic heterocycles. The van der Waals surface area contributed by atoms with Crippen LogP contribution in [0.4, 0.5) is 17.6 Å². The van der Waals surface area contributed by atoms with Crippen LogP contribution in [0.1, 0.15) is 42.6 Å². The second-order valence-electron chi connectivity index (χ2n) is 10.5. The topological polar surface area (TPSA) is 132 Å². The number of methoxy groups -OCH3 is 3. The third-order valence-electron chi connectivity index (χ3n) is 7.98. The fourth-order valence-electron chi connectivity index (χ4n) is 5.83. The summed E-state index contributed by atoms with van der Waals surface area (Å²) >= 11 is 0. The molecule has 1 atom stereocenters. The van der Waals surface area contributed by atoms with Crippen LogP contribution in [0.5, 0.6) is 17.2 Å². The Labute approximate surface area is 243 Å². The number of benzene rings is 1. The summed E-state index contributed by atoms with van der Waals surface area (Å²) in [6, 6.07) is 7.31. The van der Waals surface area contributed by atoms with E-state index in [-0.39, 0.29) is 18.6 Å². The largest absolute Gasteiger partial charge is 0.493 e. The van der Waals surface area contributed by atoms with Gasteiger partial charge in [0.25, 0.3) is 5.91 Å². The number of hydrogen-bond donors (Lipinski definition) is 2. The van der Waals surface area contributed by atoms with Gasteiger partial charge in [-0.15, -0.1) is 5.10 Å². The van der Waals surface area contributed by atoms with Crippen LogP contribution < -0.4 is 24.4 Å². The van der Waals surface area contributed by atoms with Crippen molar-refractivity contribution in [2.24, 2.45) is 0 Å². The Hall–Kier alpha value is -4.52. The molecule has 2 saturated heterocycles. The van der Waals surface area contributed by atoms with E-state index < -0.39 is 0 Å². The number of aliphatic hydroxyl groups excluding tert-OH is 1. The summed E-state index contributed by atoms with van der Waals surface area (Å²) in [5.74, 6) is 2.97. The molecule has 1 aromatic carbocycles. The first kappa shape index (κ1) is 27.6. The molecule has 0 bridgehead atoms. The molecule has 13 heteroatoms. The van der Waals surface area contributed by atoms with E-state index in [9.17, 15) is 9.90 Å². The molecule has 2 aliphatic rings. The number of likely N-dealkylation sites (tertiary alicyclic amines) is 1. The number of imidazole rings is 1. The van der Waals surface area contributed by atoms with E-state index in [1.165, 1.54) is 0 Å². The zero-order valence-electron chi connectivity index (χ0n) is 24.1. The zero-order valence-corrected chi connectivity index (χ0v) is 24.1. The van der Waals surface area contributed by atoms with Gasteiger partial charge in [0.05, 0.1) is 45.9 Å². The summed E-state index contributed by atoms with van der Waals surface area (Å²) in [6.45, 7) is 2.27. The molecule has 1 amide bonds. The Morgan fingerprint density at radius 3 is 2.48 bits per heavy atom. The van der Waals surface area contributed by atoms with Crippen LogP contribution in [0.25, 0.3) is 11.2 Å². The van der Waals surface area contributed by atoms with Gasteiger partial charge >= 0.3 is 0 Å². The Kier molecular flexibility index (Phi) is 7.74. The smallest absolute Gasteiger partial charge is 0.272 e. The van der Waals surface area contributed by atoms with Crippen LogP contribution in [0.3, 0.4) is 0 Å². The van der Waals surface area contributed by atoms with E-state index in [4.69, 9.17) is 24.3 Å². The van der Waals surface area contributed by atoms with Crippen LogP contribution >= 0.6 is 0 Å². The molecule has 0 unspecified atom stereocenters. The predicted molar refractivity (Wildman–Crippen MR) is 157 cm³/mol. The van der Waals surface area contributed by atoms with Gasteiger partial charge in [0.15, 0.2) is 23.1 Å². The fraction of sp³-hybridized carbons (Fsp3) is 0.448. The third kappa shape index (κ3) is 5.04. The van der Waals surface area contributed by atoms with Crippen molar-refractivity contribution in [2.75, 3.05) is 57.8 Å². The lowest BCUT2D eigenvalue weighted by molar-refractivity contribution is 0.0716. The minimum Gasteiger partial charge on any atom is -0.493 e. The number of nitrogens with one attached hydrogen (secondary N) is 1. The van der Waals surface area contributed by atoms with E-state index in [1.54, 1.807) is 38.4 Å². The van der Waals surface area contributed by atoms with Gasteiger partial charge in [0.2, 0.25) is 11.7 Å². The summed E-state index contributed by atoms with van der Waals surface area (Å²) in [6.07, 6.45) is 8.42. The lowest BCUT2D eigenvalue weighted by atomic mass is 10.1. The average Bonchev–Trinajstić information content (AvgIpc) is 3.80. The second kappa shape index (κ2) is 11.8. The van der Waals surface area contributed by atoms with Crippen LogP contribution in [0, 0.1) is 0 Å². The normalized spacial score (nSPS) is 17.1. The average molecular weight is 577 g/mol. The molecule has 0 radical (unpaired) electrons. The number of anilines is 3. The van der Waals surface area contributed by atoms with Crippen LogP contribution in [0.15, 0.2) is 36.8 Å². The summed E-state index contributed by atoms with van der Waals surface area (Å²) in [5.41, 5.74) is 1.97. The molecule has 0 aliphatic carbocycles. The zero-order chi connectivity index (χ0) is 29.2. The van der Waals surface area contributed by atoms with Crippen molar-refractivity contribution in [2.45, 2.75) is 38.1 Å². The van der Waals surface area contributed by atoms with Gasteiger partial charge < -0.3 is 39.0 Å². The quantitative estimate of drug-likeness (QED) is 0.306. The minimum absolute atomic E-state index is 0.0262. The maximum Gasteiger partial charge on any atom is 0.272 e. The van der Waals surface area contributed by atoms with E-state index in [2.05, 4.69) is 15.2 Å². The highest BCUT2D eigenvalue weighted by molar-refractivity contribution is 5.95. The number of amides is 1. The van der Waals surface area contributed by atoms with Crippen molar-refractivity contribution < 1.29 is 24.1 Å². The molecule has 0 spiro atoms. The number of piperidine rings is 1. The monoisotopic (exact) mass is 576 g/mol. The molecule has 2 aliphatic heterocycles. The van der Waals surface area contributed by atoms with Crippen molar-refractivity contribution in [3.8, 4) is 22.9 Å². The highest BCUT2D eigenvalue weighted by Crippen LogP contribution is 2.39. The summed E-state index contributed by atoms with van der Waals surface area (Å²) in [4.78, 5) is 26.9. The number of fused-ring (bicyclic) bond motifs is 1. The molecular formula is C29H36N8O5. The van der Waals surface area contributed by atoms with E-state index >= 15 is 0 Å². The van der Waals surface area contributed by atoms with E-state index in [1.807, 2.05) is 33.7 Å². The predicted octanol–water partition coefficient (Wildman–Crippen LogP) is 3.27. The fourth-order valence-corrected chi connectivity index (χ4v) is 5.83. The third-order valence-corrected chi connectivity index (χ3v) is 7.98. The lowest BCUT2D eigenvalue weighted by Crippen LogP contribution is -2.36. The van der Waals surface area contributed by atoms with Gasteiger partial charge in [-0.05, 0) is 44.2 Å². The van der Waals surface area contributed by atoms with Gasteiger partial charge in [-0.2, -0.15) is 4.98 Å². The molecule has 4 aromatic rings. The maximum absolute atomic E-state index is 13.5. The Balaban J connectivity index is 1.37. The van der Waals surface area contributed by atoms with Crippen molar-refractivity contribution >= 4 is 29.0 Å². The maximum atomic E-state index is 13.5. The van der Waals surface area contributed by atoms with Crippen molar-refractivity contribution in [3.63, 3.8) is 0 Å². The highest BCUT2D eigenvalue weighted by atomic mass is 16.5. The van der Waals surface area contributed by atoms with Gasteiger partial charge in [-0.3, -0.25) is 4.79 Å². The first-order chi connectivity index (χ1) is 20.5. The Morgan fingerprint density at radius 1 is 1.02 bits per heavy atom. The Morgan fingerprint density at radius 2 is 1.79 bits per heavy atom. The summed E-state index contributed by atoms with van der Waals surface area (Å²) < 4.78 is 19.9. The molecule has 13 nitrogen and oxygen atoms in total. The van der Waals surface area contributed by atoms with Crippen molar-refractivity contribution in [1.29, 1.82) is 0 Å². The molecular weight excluding hydrogens is 540 g/mol. The van der Waals surface area contributed by atoms with Gasteiger partial charge in [-0.25, -0.2) is 9.50 Å². The van der Waals surface area contributed by atoms with E-state index in [0.29, 0.717) is 40.5 Å². The van der Waals surface area contributed by atoms with Gasteiger partial charge in [0.1, 0.15) is 17.5 Å². The molecule has 42 heavy (non-hydrogen) atoms. The highest BCUT2D eigenvalue weighted by Gasteiger charge is 2.29. The number of carbonyl (C=O) groups excluding carboxylic acids is 1. The number of ether oxygens (including phenoxy) is 3. The molecule has 6 rings (SSSR count). The number of aromatic nitrogens is 5. The van der Waals surface area contributed by atoms with Crippen molar-refractivity contribution in [1.82, 2.24) is 29.0 Å². The molecule has 0 saturated carbocycles. The van der Waals surface area contributed by atoms with Crippen LogP contribution in [-0.2, 0) is 0 Å². The first-order valence-corrected chi connectivity index (χ1v) is 14.2. The van der Waals surface area contributed by atoms with Crippen molar-refractivity contribution in [3.05, 3.63) is 42.5 Å². The molecule has 2 N–H and O–H groups in total. The number of rotatable bonds is 9. The summed E-state index contributed by atoms with van der Waals surface area (Å²) in [5, 5.41) is 18.0. The minimum atomic E-state index is -0.0491. The Bertz CT molecular complexity index is 1550. The summed E-state index contributed by atoms with van der Waals surface area (Å²) in [7, 11) is 4.70. The second-order valence-corrected chi connectivity index (χ2v) is 10.5.